The fourth-order valence-corrected chi connectivity index (χ4v) is 2.55. The number of hydrogen-bond acceptors (Lipinski definition) is 3. The predicted octanol–water partition coefficient (Wildman–Crippen LogP) is 3.87. The summed E-state index contributed by atoms with van der Waals surface area (Å²) in [6.07, 6.45) is 0.163. The zero-order chi connectivity index (χ0) is 17.1. The minimum absolute atomic E-state index is 0.0317. The van der Waals surface area contributed by atoms with Gasteiger partial charge in [-0.2, -0.15) is 0 Å². The molecule has 1 N–H and O–H groups in total. The molecule has 3 rings (SSSR count). The van der Waals surface area contributed by atoms with Crippen LogP contribution in [0.2, 0.25) is 0 Å². The summed E-state index contributed by atoms with van der Waals surface area (Å²) in [6.45, 7) is 2.91. The van der Waals surface area contributed by atoms with Crippen molar-refractivity contribution in [2.75, 3.05) is 18.5 Å². The molecule has 0 saturated carbocycles. The molecule has 1 aliphatic rings. The van der Waals surface area contributed by atoms with Crippen molar-refractivity contribution in [1.82, 2.24) is 0 Å². The Labute approximate surface area is 138 Å². The van der Waals surface area contributed by atoms with E-state index >= 15 is 0 Å². The van der Waals surface area contributed by atoms with Crippen LogP contribution in [0.4, 0.5) is 14.5 Å². The third-order valence-electron chi connectivity index (χ3n) is 3.83. The van der Waals surface area contributed by atoms with Gasteiger partial charge in [0.05, 0.1) is 5.69 Å². The van der Waals surface area contributed by atoms with Crippen molar-refractivity contribution in [1.29, 1.82) is 0 Å². The summed E-state index contributed by atoms with van der Waals surface area (Å²) in [6, 6.07) is 8.59. The summed E-state index contributed by atoms with van der Waals surface area (Å²) in [5.41, 5.74) is 0.893. The van der Waals surface area contributed by atoms with Crippen molar-refractivity contribution < 1.29 is 23.0 Å². The Kier molecular flexibility index (Phi) is 4.64. The SMILES string of the molecule is CC(CC(=O)Nc1ccc(F)cc1F)c1ccc2c(c1)OCCO2. The molecule has 1 heterocycles. The predicted molar refractivity (Wildman–Crippen MR) is 85.5 cm³/mol. The van der Waals surface area contributed by atoms with Gasteiger partial charge in [0.2, 0.25) is 5.91 Å². The molecule has 126 valence electrons. The molecule has 0 aliphatic carbocycles. The standard InChI is InChI=1S/C18H17F2NO3/c1-11(12-2-5-16-17(9-12)24-7-6-23-16)8-18(22)21-15-4-3-13(19)10-14(15)20/h2-5,9-11H,6-8H2,1H3,(H,21,22). The van der Waals surface area contributed by atoms with Gasteiger partial charge in [-0.15, -0.1) is 0 Å². The smallest absolute Gasteiger partial charge is 0.225 e. The summed E-state index contributed by atoms with van der Waals surface area (Å²) in [5.74, 6) is -0.566. The van der Waals surface area contributed by atoms with Crippen LogP contribution < -0.4 is 14.8 Å². The van der Waals surface area contributed by atoms with Gasteiger partial charge in [0.15, 0.2) is 11.5 Å². The summed E-state index contributed by atoms with van der Waals surface area (Å²) in [4.78, 5) is 12.1. The van der Waals surface area contributed by atoms with Crippen molar-refractivity contribution in [2.45, 2.75) is 19.3 Å². The highest BCUT2D eigenvalue weighted by Crippen LogP contribution is 2.34. The Morgan fingerprint density at radius 2 is 1.88 bits per heavy atom. The molecule has 0 saturated heterocycles. The number of ether oxygens (including phenoxy) is 2. The molecule has 1 unspecified atom stereocenters. The average molecular weight is 333 g/mol. The van der Waals surface area contributed by atoms with E-state index in [9.17, 15) is 13.6 Å². The first-order chi connectivity index (χ1) is 11.5. The summed E-state index contributed by atoms with van der Waals surface area (Å²) in [7, 11) is 0. The molecule has 2 aromatic rings. The van der Waals surface area contributed by atoms with Crippen LogP contribution in [0.3, 0.4) is 0 Å². The van der Waals surface area contributed by atoms with Gasteiger partial charge in [-0.3, -0.25) is 4.79 Å². The van der Waals surface area contributed by atoms with E-state index in [0.717, 1.165) is 17.7 Å². The van der Waals surface area contributed by atoms with E-state index in [-0.39, 0.29) is 23.9 Å². The molecule has 2 aromatic carbocycles. The van der Waals surface area contributed by atoms with Crippen LogP contribution >= 0.6 is 0 Å². The van der Waals surface area contributed by atoms with Crippen LogP contribution in [0.25, 0.3) is 0 Å². The molecular formula is C18H17F2NO3. The lowest BCUT2D eigenvalue weighted by atomic mass is 9.97. The van der Waals surface area contributed by atoms with Gasteiger partial charge in [0.25, 0.3) is 0 Å². The molecule has 0 fully saturated rings. The first-order valence-electron chi connectivity index (χ1n) is 7.67. The fourth-order valence-electron chi connectivity index (χ4n) is 2.55. The van der Waals surface area contributed by atoms with Gasteiger partial charge in [0.1, 0.15) is 24.8 Å². The highest BCUT2D eigenvalue weighted by Gasteiger charge is 2.17. The van der Waals surface area contributed by atoms with E-state index in [4.69, 9.17) is 9.47 Å². The number of anilines is 1. The fraction of sp³-hybridized carbons (Fsp3) is 0.278. The quantitative estimate of drug-likeness (QED) is 0.924. The number of carbonyl (C=O) groups excluding carboxylic acids is 1. The zero-order valence-electron chi connectivity index (χ0n) is 13.1. The van der Waals surface area contributed by atoms with Crippen molar-refractivity contribution in [3.63, 3.8) is 0 Å². The summed E-state index contributed by atoms with van der Waals surface area (Å²) in [5, 5.41) is 2.46. The molecule has 6 heteroatoms. The second kappa shape index (κ2) is 6.86. The van der Waals surface area contributed by atoms with Gasteiger partial charge in [-0.25, -0.2) is 8.78 Å². The van der Waals surface area contributed by atoms with Crippen LogP contribution in [0.1, 0.15) is 24.8 Å². The average Bonchev–Trinajstić information content (AvgIpc) is 2.57. The van der Waals surface area contributed by atoms with E-state index in [1.54, 1.807) is 0 Å². The summed E-state index contributed by atoms with van der Waals surface area (Å²) < 4.78 is 37.4. The first kappa shape index (κ1) is 16.2. The minimum atomic E-state index is -0.796. The lowest BCUT2D eigenvalue weighted by Crippen LogP contribution is -2.17. The monoisotopic (exact) mass is 333 g/mol. The van der Waals surface area contributed by atoms with Crippen LogP contribution in [-0.4, -0.2) is 19.1 Å². The van der Waals surface area contributed by atoms with E-state index in [1.165, 1.54) is 6.07 Å². The van der Waals surface area contributed by atoms with Crippen molar-refractivity contribution >= 4 is 11.6 Å². The maximum Gasteiger partial charge on any atom is 0.225 e. The van der Waals surface area contributed by atoms with E-state index in [1.807, 2.05) is 25.1 Å². The molecule has 0 aromatic heterocycles. The molecular weight excluding hydrogens is 316 g/mol. The molecule has 0 spiro atoms. The highest BCUT2D eigenvalue weighted by molar-refractivity contribution is 5.91. The first-order valence-corrected chi connectivity index (χ1v) is 7.67. The van der Waals surface area contributed by atoms with E-state index in [2.05, 4.69) is 5.32 Å². The van der Waals surface area contributed by atoms with Gasteiger partial charge in [0, 0.05) is 12.5 Å². The lowest BCUT2D eigenvalue weighted by molar-refractivity contribution is -0.116. The zero-order valence-corrected chi connectivity index (χ0v) is 13.1. The Balaban J connectivity index is 1.65. The number of rotatable bonds is 4. The Morgan fingerprint density at radius 3 is 2.62 bits per heavy atom. The highest BCUT2D eigenvalue weighted by atomic mass is 19.1. The number of halogens is 2. The second-order valence-corrected chi connectivity index (χ2v) is 5.68. The van der Waals surface area contributed by atoms with Crippen molar-refractivity contribution in [3.8, 4) is 11.5 Å². The molecule has 24 heavy (non-hydrogen) atoms. The largest absolute Gasteiger partial charge is 0.486 e. The number of nitrogens with one attached hydrogen (secondary N) is 1. The van der Waals surface area contributed by atoms with E-state index < -0.39 is 11.6 Å². The lowest BCUT2D eigenvalue weighted by Gasteiger charge is -2.20. The second-order valence-electron chi connectivity index (χ2n) is 5.68. The van der Waals surface area contributed by atoms with Gasteiger partial charge < -0.3 is 14.8 Å². The third-order valence-corrected chi connectivity index (χ3v) is 3.83. The number of benzene rings is 2. The van der Waals surface area contributed by atoms with Gasteiger partial charge in [-0.05, 0) is 35.7 Å². The Hall–Kier alpha value is -2.63. The number of hydrogen-bond donors (Lipinski definition) is 1. The minimum Gasteiger partial charge on any atom is -0.486 e. The number of amides is 1. The maximum atomic E-state index is 13.6. The molecule has 1 aliphatic heterocycles. The van der Waals surface area contributed by atoms with Crippen molar-refractivity contribution in [2.24, 2.45) is 0 Å². The Bertz CT molecular complexity index is 764. The topological polar surface area (TPSA) is 47.6 Å². The molecule has 1 atom stereocenters. The van der Waals surface area contributed by atoms with Crippen LogP contribution in [0.15, 0.2) is 36.4 Å². The molecule has 4 nitrogen and oxygen atoms in total. The van der Waals surface area contributed by atoms with E-state index in [0.29, 0.717) is 24.7 Å². The van der Waals surface area contributed by atoms with Crippen LogP contribution in [0, 0.1) is 11.6 Å². The van der Waals surface area contributed by atoms with Crippen LogP contribution in [-0.2, 0) is 4.79 Å². The Morgan fingerprint density at radius 1 is 1.12 bits per heavy atom. The van der Waals surface area contributed by atoms with Crippen LogP contribution in [0.5, 0.6) is 11.5 Å². The summed E-state index contributed by atoms with van der Waals surface area (Å²) >= 11 is 0. The third kappa shape index (κ3) is 3.64. The maximum absolute atomic E-state index is 13.6. The molecule has 0 bridgehead atoms. The molecule has 0 radical (unpaired) electrons. The van der Waals surface area contributed by atoms with Crippen molar-refractivity contribution in [3.05, 3.63) is 53.6 Å². The van der Waals surface area contributed by atoms with Gasteiger partial charge in [-0.1, -0.05) is 13.0 Å². The number of fused-ring (bicyclic) bond motifs is 1. The van der Waals surface area contributed by atoms with Gasteiger partial charge >= 0.3 is 0 Å². The normalized spacial score (nSPS) is 14.1. The number of carbonyl (C=O) groups is 1. The molecule has 1 amide bonds.